The van der Waals surface area contributed by atoms with Crippen LogP contribution in [0.15, 0.2) is 36.4 Å². The van der Waals surface area contributed by atoms with Gasteiger partial charge in [-0.1, -0.05) is 17.7 Å². The molecule has 0 radical (unpaired) electrons. The van der Waals surface area contributed by atoms with Gasteiger partial charge in [-0.15, -0.1) is 0 Å². The highest BCUT2D eigenvalue weighted by molar-refractivity contribution is 6.31. The summed E-state index contributed by atoms with van der Waals surface area (Å²) < 4.78 is 31.9. The third-order valence-electron chi connectivity index (χ3n) is 2.83. The summed E-state index contributed by atoms with van der Waals surface area (Å²) in [6.45, 7) is 1.59. The Labute approximate surface area is 120 Å². The number of halogens is 3. The van der Waals surface area contributed by atoms with E-state index in [0.29, 0.717) is 11.3 Å². The van der Waals surface area contributed by atoms with Crippen molar-refractivity contribution >= 4 is 11.6 Å². The first-order valence-corrected chi connectivity index (χ1v) is 6.39. The minimum Gasteiger partial charge on any atom is -0.489 e. The second kappa shape index (κ2) is 6.20. The average molecular weight is 299 g/mol. The van der Waals surface area contributed by atoms with E-state index in [1.165, 1.54) is 37.3 Å². The molecule has 0 spiro atoms. The van der Waals surface area contributed by atoms with E-state index >= 15 is 0 Å². The van der Waals surface area contributed by atoms with E-state index in [4.69, 9.17) is 16.3 Å². The van der Waals surface area contributed by atoms with Gasteiger partial charge in [-0.05, 0) is 31.2 Å². The molecule has 0 aromatic heterocycles. The van der Waals surface area contributed by atoms with E-state index in [-0.39, 0.29) is 17.2 Å². The fourth-order valence-electron chi connectivity index (χ4n) is 1.74. The lowest BCUT2D eigenvalue weighted by Gasteiger charge is -2.10. The first-order valence-electron chi connectivity index (χ1n) is 6.01. The van der Waals surface area contributed by atoms with Crippen molar-refractivity contribution in [3.05, 3.63) is 64.2 Å². The SMILES string of the molecule is C[C@H](O)c1ccc(OCc2ccc(F)cc2Cl)cc1F. The maximum Gasteiger partial charge on any atom is 0.132 e. The molecule has 0 saturated carbocycles. The zero-order valence-corrected chi connectivity index (χ0v) is 11.5. The molecule has 1 atom stereocenters. The quantitative estimate of drug-likeness (QED) is 0.914. The Balaban J connectivity index is 2.09. The molecule has 0 heterocycles. The minimum absolute atomic E-state index is 0.104. The summed E-state index contributed by atoms with van der Waals surface area (Å²) in [6, 6.07) is 8.20. The van der Waals surface area contributed by atoms with Crippen LogP contribution in [0.3, 0.4) is 0 Å². The number of ether oxygens (including phenoxy) is 1. The van der Waals surface area contributed by atoms with Gasteiger partial charge in [-0.3, -0.25) is 0 Å². The molecule has 2 aromatic rings. The highest BCUT2D eigenvalue weighted by atomic mass is 35.5. The zero-order chi connectivity index (χ0) is 14.7. The van der Waals surface area contributed by atoms with E-state index in [2.05, 4.69) is 0 Å². The summed E-state index contributed by atoms with van der Waals surface area (Å²) in [5.41, 5.74) is 0.810. The van der Waals surface area contributed by atoms with Crippen molar-refractivity contribution in [2.45, 2.75) is 19.6 Å². The van der Waals surface area contributed by atoms with Crippen molar-refractivity contribution in [3.8, 4) is 5.75 Å². The van der Waals surface area contributed by atoms with Gasteiger partial charge < -0.3 is 9.84 Å². The predicted octanol–water partition coefficient (Wildman–Crippen LogP) is 4.25. The second-order valence-corrected chi connectivity index (χ2v) is 4.79. The summed E-state index contributed by atoms with van der Waals surface area (Å²) in [5, 5.41) is 9.59. The van der Waals surface area contributed by atoms with E-state index in [0.717, 1.165) is 0 Å². The number of hydrogen-bond acceptors (Lipinski definition) is 2. The Kier molecular flexibility index (Phi) is 4.57. The lowest BCUT2D eigenvalue weighted by molar-refractivity contribution is 0.194. The largest absolute Gasteiger partial charge is 0.489 e. The Morgan fingerprint density at radius 2 is 1.95 bits per heavy atom. The highest BCUT2D eigenvalue weighted by Crippen LogP contribution is 2.24. The predicted molar refractivity (Wildman–Crippen MR) is 72.8 cm³/mol. The van der Waals surface area contributed by atoms with Gasteiger partial charge in [0.25, 0.3) is 0 Å². The summed E-state index contributed by atoms with van der Waals surface area (Å²) >= 11 is 5.87. The first kappa shape index (κ1) is 14.8. The van der Waals surface area contributed by atoms with Crippen molar-refractivity contribution < 1.29 is 18.6 Å². The van der Waals surface area contributed by atoms with Crippen LogP contribution in [0.4, 0.5) is 8.78 Å². The fraction of sp³-hybridized carbons (Fsp3) is 0.200. The Bertz CT molecular complexity index is 615. The van der Waals surface area contributed by atoms with Gasteiger partial charge in [0, 0.05) is 17.2 Å². The zero-order valence-electron chi connectivity index (χ0n) is 10.7. The summed E-state index contributed by atoms with van der Waals surface area (Å²) in [6.07, 6.45) is -0.879. The van der Waals surface area contributed by atoms with Crippen molar-refractivity contribution in [1.29, 1.82) is 0 Å². The van der Waals surface area contributed by atoms with E-state index in [1.54, 1.807) is 6.07 Å². The summed E-state index contributed by atoms with van der Waals surface area (Å²) in [4.78, 5) is 0. The maximum absolute atomic E-state index is 13.6. The number of rotatable bonds is 4. The molecule has 1 N–H and O–H groups in total. The Hall–Kier alpha value is -1.65. The fourth-order valence-corrected chi connectivity index (χ4v) is 1.96. The van der Waals surface area contributed by atoms with Crippen molar-refractivity contribution in [2.24, 2.45) is 0 Å². The molecule has 0 aliphatic heterocycles. The van der Waals surface area contributed by atoms with Crippen molar-refractivity contribution in [2.75, 3.05) is 0 Å². The standard InChI is InChI=1S/C15H13ClF2O2/c1-9(19)13-5-4-12(7-15(13)18)20-8-10-2-3-11(17)6-14(10)16/h2-7,9,19H,8H2,1H3/t9-/m0/s1. The van der Waals surface area contributed by atoms with Gasteiger partial charge in [0.2, 0.25) is 0 Å². The van der Waals surface area contributed by atoms with E-state index < -0.39 is 17.7 Å². The molecule has 0 fully saturated rings. The van der Waals surface area contributed by atoms with Crippen molar-refractivity contribution in [1.82, 2.24) is 0 Å². The molecule has 5 heteroatoms. The van der Waals surface area contributed by atoms with Gasteiger partial charge in [-0.25, -0.2) is 8.78 Å². The van der Waals surface area contributed by atoms with Gasteiger partial charge >= 0.3 is 0 Å². The number of hydrogen-bond donors (Lipinski definition) is 1. The molecule has 0 bridgehead atoms. The van der Waals surface area contributed by atoms with Crippen LogP contribution in [0.1, 0.15) is 24.2 Å². The Morgan fingerprint density at radius 3 is 2.55 bits per heavy atom. The lowest BCUT2D eigenvalue weighted by Crippen LogP contribution is -2.00. The van der Waals surface area contributed by atoms with E-state index in [9.17, 15) is 13.9 Å². The van der Waals surface area contributed by atoms with Gasteiger partial charge in [-0.2, -0.15) is 0 Å². The second-order valence-electron chi connectivity index (χ2n) is 4.38. The minimum atomic E-state index is -0.879. The lowest BCUT2D eigenvalue weighted by atomic mass is 10.1. The smallest absolute Gasteiger partial charge is 0.132 e. The molecule has 2 nitrogen and oxygen atoms in total. The molecule has 20 heavy (non-hydrogen) atoms. The van der Waals surface area contributed by atoms with Gasteiger partial charge in [0.15, 0.2) is 0 Å². The third-order valence-corrected chi connectivity index (χ3v) is 3.18. The molecular formula is C15H13ClF2O2. The number of aliphatic hydroxyl groups is 1. The summed E-state index contributed by atoms with van der Waals surface area (Å²) in [5.74, 6) is -0.652. The van der Waals surface area contributed by atoms with Crippen LogP contribution >= 0.6 is 11.6 Å². The first-order chi connectivity index (χ1) is 9.47. The molecule has 0 amide bonds. The Morgan fingerprint density at radius 1 is 1.20 bits per heavy atom. The molecule has 0 unspecified atom stereocenters. The molecule has 2 rings (SSSR count). The number of aliphatic hydroxyl groups excluding tert-OH is 1. The van der Waals surface area contributed by atoms with Gasteiger partial charge in [0.1, 0.15) is 24.0 Å². The normalized spacial score (nSPS) is 12.2. The van der Waals surface area contributed by atoms with Crippen LogP contribution in [0.5, 0.6) is 5.75 Å². The maximum atomic E-state index is 13.6. The van der Waals surface area contributed by atoms with Gasteiger partial charge in [0.05, 0.1) is 11.1 Å². The van der Waals surface area contributed by atoms with Crippen LogP contribution in [0.25, 0.3) is 0 Å². The van der Waals surface area contributed by atoms with Crippen molar-refractivity contribution in [3.63, 3.8) is 0 Å². The van der Waals surface area contributed by atoms with Crippen LogP contribution in [0.2, 0.25) is 5.02 Å². The molecule has 106 valence electrons. The summed E-state index contributed by atoms with van der Waals surface area (Å²) in [7, 11) is 0. The molecule has 2 aromatic carbocycles. The molecular weight excluding hydrogens is 286 g/mol. The van der Waals surface area contributed by atoms with Crippen LogP contribution < -0.4 is 4.74 Å². The molecule has 0 aliphatic carbocycles. The van der Waals surface area contributed by atoms with Crippen LogP contribution in [-0.2, 0) is 6.61 Å². The van der Waals surface area contributed by atoms with Crippen LogP contribution in [-0.4, -0.2) is 5.11 Å². The molecule has 0 aliphatic rings. The average Bonchev–Trinajstić information content (AvgIpc) is 2.37. The molecule has 0 saturated heterocycles. The van der Waals surface area contributed by atoms with E-state index in [1.807, 2.05) is 0 Å². The van der Waals surface area contributed by atoms with Crippen LogP contribution in [0, 0.1) is 11.6 Å². The monoisotopic (exact) mass is 298 g/mol. The highest BCUT2D eigenvalue weighted by Gasteiger charge is 2.09. The number of benzene rings is 2. The topological polar surface area (TPSA) is 29.5 Å². The third kappa shape index (κ3) is 3.46.